The molecule has 0 bridgehead atoms. The second kappa shape index (κ2) is 13.7. The zero-order chi connectivity index (χ0) is 25.5. The Bertz CT molecular complexity index is 653. The van der Waals surface area contributed by atoms with Gasteiger partial charge >= 0.3 is 0 Å². The van der Waals surface area contributed by atoms with Crippen LogP contribution in [0.5, 0.6) is 0 Å². The first-order valence-electron chi connectivity index (χ1n) is 16.1. The molecule has 0 amide bonds. The van der Waals surface area contributed by atoms with E-state index in [9.17, 15) is 14.4 Å². The largest absolute Gasteiger partial charge is 0.299 e. The van der Waals surface area contributed by atoms with Crippen molar-refractivity contribution in [2.24, 2.45) is 47.3 Å². The second-order valence-corrected chi connectivity index (χ2v) is 13.1. The molecule has 4 aliphatic rings. The van der Waals surface area contributed by atoms with Crippen LogP contribution in [0.15, 0.2) is 0 Å². The van der Waals surface area contributed by atoms with E-state index >= 15 is 0 Å². The molecule has 4 aliphatic carbocycles. The zero-order valence-corrected chi connectivity index (χ0v) is 23.5. The van der Waals surface area contributed by atoms with E-state index in [-0.39, 0.29) is 23.7 Å². The van der Waals surface area contributed by atoms with Crippen molar-refractivity contribution in [3.8, 4) is 0 Å². The Morgan fingerprint density at radius 1 is 0.472 bits per heavy atom. The van der Waals surface area contributed by atoms with Gasteiger partial charge in [0, 0.05) is 36.5 Å². The molecule has 0 aromatic rings. The molecule has 3 heteroatoms. The van der Waals surface area contributed by atoms with Crippen LogP contribution in [0.25, 0.3) is 0 Å². The Balaban J connectivity index is 1.54. The fourth-order valence-electron chi connectivity index (χ4n) is 9.09. The van der Waals surface area contributed by atoms with E-state index < -0.39 is 0 Å². The molecule has 0 N–H and O–H groups in total. The molecule has 0 saturated heterocycles. The molecule has 3 nitrogen and oxygen atoms in total. The van der Waals surface area contributed by atoms with E-state index in [4.69, 9.17) is 0 Å². The molecule has 0 spiro atoms. The topological polar surface area (TPSA) is 51.2 Å². The van der Waals surface area contributed by atoms with E-state index in [1.54, 1.807) is 0 Å². The van der Waals surface area contributed by atoms with E-state index in [1.807, 2.05) is 13.8 Å². The number of rotatable bonds is 10. The Morgan fingerprint density at radius 3 is 1.08 bits per heavy atom. The summed E-state index contributed by atoms with van der Waals surface area (Å²) < 4.78 is 0. The third-order valence-corrected chi connectivity index (χ3v) is 11.1. The molecule has 0 aromatic heterocycles. The molecule has 204 valence electrons. The minimum absolute atomic E-state index is 0.227. The molecular weight excluding hydrogens is 444 g/mol. The molecule has 4 saturated carbocycles. The van der Waals surface area contributed by atoms with Crippen LogP contribution in [0, 0.1) is 47.3 Å². The van der Waals surface area contributed by atoms with Crippen LogP contribution in [0.4, 0.5) is 0 Å². The van der Waals surface area contributed by atoms with Gasteiger partial charge in [0.2, 0.25) is 0 Å². The second-order valence-electron chi connectivity index (χ2n) is 13.1. The maximum atomic E-state index is 14.8. The van der Waals surface area contributed by atoms with Gasteiger partial charge in [0.05, 0.1) is 0 Å². The summed E-state index contributed by atoms with van der Waals surface area (Å²) in [6, 6.07) is 0. The number of Topliss-reactive ketones (excluding diaryl/α,β-unsaturated/α-hetero) is 3. The summed E-state index contributed by atoms with van der Waals surface area (Å²) in [5, 5.41) is 0. The first kappa shape index (κ1) is 28.0. The molecule has 4 fully saturated rings. The Kier molecular flexibility index (Phi) is 10.7. The van der Waals surface area contributed by atoms with Crippen LogP contribution >= 0.6 is 0 Å². The number of carbonyl (C=O) groups excluding carboxylic acids is 3. The van der Waals surface area contributed by atoms with E-state index in [1.165, 1.54) is 64.2 Å². The average Bonchev–Trinajstić information content (AvgIpc) is 2.94. The maximum absolute atomic E-state index is 14.8. The van der Waals surface area contributed by atoms with Crippen LogP contribution in [0.1, 0.15) is 142 Å². The summed E-state index contributed by atoms with van der Waals surface area (Å²) >= 11 is 0. The number of hydrogen-bond acceptors (Lipinski definition) is 3. The fourth-order valence-corrected chi connectivity index (χ4v) is 9.09. The zero-order valence-electron chi connectivity index (χ0n) is 23.5. The van der Waals surface area contributed by atoms with Crippen LogP contribution in [-0.4, -0.2) is 17.3 Å². The van der Waals surface area contributed by atoms with Gasteiger partial charge in [-0.1, -0.05) is 52.4 Å². The van der Waals surface area contributed by atoms with Crippen molar-refractivity contribution in [2.45, 2.75) is 142 Å². The molecule has 2 unspecified atom stereocenters. The third kappa shape index (κ3) is 6.71. The maximum Gasteiger partial charge on any atom is 0.140 e. The lowest BCUT2D eigenvalue weighted by atomic mass is 9.59. The molecule has 36 heavy (non-hydrogen) atoms. The van der Waals surface area contributed by atoms with Gasteiger partial charge < -0.3 is 0 Å². The summed E-state index contributed by atoms with van der Waals surface area (Å²) in [6.45, 7) is 4.00. The minimum Gasteiger partial charge on any atom is -0.299 e. The van der Waals surface area contributed by atoms with Crippen molar-refractivity contribution >= 4 is 17.3 Å². The monoisotopic (exact) mass is 498 g/mol. The van der Waals surface area contributed by atoms with Gasteiger partial charge in [-0.3, -0.25) is 14.4 Å². The Labute approximate surface area is 221 Å². The smallest absolute Gasteiger partial charge is 0.140 e. The highest BCUT2D eigenvalue weighted by atomic mass is 16.1. The van der Waals surface area contributed by atoms with Crippen molar-refractivity contribution in [2.75, 3.05) is 0 Å². The normalized spacial score (nSPS) is 32.5. The predicted molar refractivity (Wildman–Crippen MR) is 147 cm³/mol. The summed E-state index contributed by atoms with van der Waals surface area (Å²) in [5.74, 6) is 4.58. The van der Waals surface area contributed by atoms with Gasteiger partial charge in [-0.2, -0.15) is 0 Å². The van der Waals surface area contributed by atoms with Crippen molar-refractivity contribution in [1.82, 2.24) is 0 Å². The van der Waals surface area contributed by atoms with Gasteiger partial charge in [-0.05, 0) is 101 Å². The summed E-state index contributed by atoms with van der Waals surface area (Å²) in [6.07, 6.45) is 22.4. The van der Waals surface area contributed by atoms with Crippen LogP contribution in [0.3, 0.4) is 0 Å². The van der Waals surface area contributed by atoms with Gasteiger partial charge in [0.15, 0.2) is 0 Å². The number of ketones is 3. The van der Waals surface area contributed by atoms with Gasteiger partial charge in [0.25, 0.3) is 0 Å². The first-order valence-corrected chi connectivity index (χ1v) is 16.1. The molecular formula is C33H54O3. The molecule has 2 atom stereocenters. The molecule has 4 rings (SSSR count). The first-order chi connectivity index (χ1) is 17.5. The minimum atomic E-state index is 0.227. The van der Waals surface area contributed by atoms with Gasteiger partial charge in [0.1, 0.15) is 17.3 Å². The van der Waals surface area contributed by atoms with E-state index in [0.717, 1.165) is 51.4 Å². The third-order valence-electron chi connectivity index (χ3n) is 11.1. The summed E-state index contributed by atoms with van der Waals surface area (Å²) in [4.78, 5) is 39.7. The lowest BCUT2D eigenvalue weighted by molar-refractivity contribution is -0.137. The van der Waals surface area contributed by atoms with Gasteiger partial charge in [-0.25, -0.2) is 0 Å². The van der Waals surface area contributed by atoms with E-state index in [0.29, 0.717) is 53.9 Å². The summed E-state index contributed by atoms with van der Waals surface area (Å²) in [7, 11) is 0. The van der Waals surface area contributed by atoms with Crippen LogP contribution in [0.2, 0.25) is 0 Å². The molecule has 0 radical (unpaired) electrons. The Hall–Kier alpha value is -0.990. The predicted octanol–water partition coefficient (Wildman–Crippen LogP) is 8.52. The highest BCUT2D eigenvalue weighted by Crippen LogP contribution is 2.48. The highest BCUT2D eigenvalue weighted by molar-refractivity contribution is 5.85. The lowest BCUT2D eigenvalue weighted by Crippen LogP contribution is -2.44. The molecule has 0 heterocycles. The molecule has 0 aliphatic heterocycles. The summed E-state index contributed by atoms with van der Waals surface area (Å²) in [5.41, 5.74) is 0. The molecule has 0 aromatic carbocycles. The van der Waals surface area contributed by atoms with Crippen LogP contribution < -0.4 is 0 Å². The fraction of sp³-hybridized carbons (Fsp3) is 0.909. The number of hydrogen-bond donors (Lipinski definition) is 0. The van der Waals surface area contributed by atoms with Crippen molar-refractivity contribution in [1.29, 1.82) is 0 Å². The lowest BCUT2D eigenvalue weighted by Gasteiger charge is -2.44. The standard InChI is InChI=1S/C33H54O3/c1-3-29(34)23-15-19-27(20-16-23)31(25-11-7-5-8-12-25)33(36)32(26-13-9-6-10-14-26)28-21-17-24(18-22-28)30(35)4-2/h23-28,31-32H,3-22H2,1-2H3/t23-,24-,27-,28-,31?,32?. The van der Waals surface area contributed by atoms with Crippen molar-refractivity contribution < 1.29 is 14.4 Å². The average molecular weight is 499 g/mol. The quantitative estimate of drug-likeness (QED) is 0.303. The van der Waals surface area contributed by atoms with Crippen LogP contribution in [-0.2, 0) is 14.4 Å². The van der Waals surface area contributed by atoms with Crippen molar-refractivity contribution in [3.05, 3.63) is 0 Å². The Morgan fingerprint density at radius 2 is 0.778 bits per heavy atom. The highest BCUT2D eigenvalue weighted by Gasteiger charge is 2.46. The van der Waals surface area contributed by atoms with Crippen molar-refractivity contribution in [3.63, 3.8) is 0 Å². The van der Waals surface area contributed by atoms with E-state index in [2.05, 4.69) is 0 Å². The number of carbonyl (C=O) groups is 3. The SMILES string of the molecule is CCC(=O)[C@H]1CC[C@H](C(C(=O)C(C2CCCCC2)[C@H]2CC[C@H](C(=O)CC)CC2)C2CCCCC2)CC1. The van der Waals surface area contributed by atoms with Gasteiger partial charge in [-0.15, -0.1) is 0 Å².